The molecule has 0 aliphatic carbocycles. The molecule has 3 N–H and O–H groups in total. The van der Waals surface area contributed by atoms with Crippen LogP contribution in [0.4, 0.5) is 5.69 Å². The van der Waals surface area contributed by atoms with E-state index in [0.717, 1.165) is 5.56 Å². The van der Waals surface area contributed by atoms with Gasteiger partial charge in [-0.25, -0.2) is 0 Å². The van der Waals surface area contributed by atoms with Gasteiger partial charge in [-0.3, -0.25) is 4.79 Å². The zero-order valence-electron chi connectivity index (χ0n) is 11.5. The Balaban J connectivity index is 2.38. The van der Waals surface area contributed by atoms with Crippen molar-refractivity contribution < 1.29 is 14.3 Å². The second-order valence-electron chi connectivity index (χ2n) is 4.07. The van der Waals surface area contributed by atoms with Gasteiger partial charge in [-0.2, -0.15) is 0 Å². The average molecular weight is 266 g/mol. The van der Waals surface area contributed by atoms with E-state index in [4.69, 9.17) is 15.2 Å². The van der Waals surface area contributed by atoms with Crippen molar-refractivity contribution in [2.45, 2.75) is 26.6 Å². The number of nitrogen functional groups attached to an aromatic ring is 1. The summed E-state index contributed by atoms with van der Waals surface area (Å²) in [4.78, 5) is 11.8. The molecular weight excluding hydrogens is 244 g/mol. The Morgan fingerprint density at radius 3 is 2.58 bits per heavy atom. The molecule has 0 spiro atoms. The number of ether oxygens (including phenoxy) is 2. The third kappa shape index (κ3) is 6.22. The maximum atomic E-state index is 11.8. The van der Waals surface area contributed by atoms with Gasteiger partial charge in [0.05, 0.1) is 13.0 Å². The van der Waals surface area contributed by atoms with Crippen molar-refractivity contribution in [3.8, 4) is 0 Å². The highest BCUT2D eigenvalue weighted by atomic mass is 16.7. The number of benzene rings is 1. The lowest BCUT2D eigenvalue weighted by Gasteiger charge is -2.17. The van der Waals surface area contributed by atoms with Crippen LogP contribution in [0.1, 0.15) is 19.4 Å². The molecule has 0 fully saturated rings. The van der Waals surface area contributed by atoms with Crippen LogP contribution in [0.15, 0.2) is 24.3 Å². The summed E-state index contributed by atoms with van der Waals surface area (Å²) >= 11 is 0. The van der Waals surface area contributed by atoms with E-state index in [1.54, 1.807) is 12.1 Å². The first kappa shape index (κ1) is 15.5. The number of rotatable bonds is 8. The molecule has 0 bridgehead atoms. The van der Waals surface area contributed by atoms with Gasteiger partial charge in [0.25, 0.3) is 0 Å². The standard InChI is InChI=1S/C14H22N2O3/c1-3-18-14(19-4-2)10-16-13(17)9-11-6-5-7-12(15)8-11/h5-8,14H,3-4,9-10,15H2,1-2H3,(H,16,17). The van der Waals surface area contributed by atoms with E-state index < -0.39 is 0 Å². The largest absolute Gasteiger partial charge is 0.399 e. The van der Waals surface area contributed by atoms with Crippen molar-refractivity contribution in [2.24, 2.45) is 0 Å². The lowest BCUT2D eigenvalue weighted by molar-refractivity contribution is -0.140. The topological polar surface area (TPSA) is 73.6 Å². The predicted octanol–water partition coefficient (Wildman–Crippen LogP) is 1.33. The summed E-state index contributed by atoms with van der Waals surface area (Å²) in [6, 6.07) is 7.30. The number of nitrogens with two attached hydrogens (primary N) is 1. The van der Waals surface area contributed by atoms with Gasteiger partial charge in [-0.05, 0) is 31.5 Å². The van der Waals surface area contributed by atoms with E-state index in [1.807, 2.05) is 26.0 Å². The van der Waals surface area contributed by atoms with Gasteiger partial charge in [-0.1, -0.05) is 12.1 Å². The summed E-state index contributed by atoms with van der Waals surface area (Å²) in [5.74, 6) is -0.0741. The number of nitrogens with one attached hydrogen (secondary N) is 1. The fourth-order valence-corrected chi connectivity index (χ4v) is 1.69. The van der Waals surface area contributed by atoms with Crippen LogP contribution in [-0.2, 0) is 20.7 Å². The number of hydrogen-bond acceptors (Lipinski definition) is 4. The Kier molecular flexibility index (Phi) is 6.92. The quantitative estimate of drug-likeness (QED) is 0.550. The van der Waals surface area contributed by atoms with Gasteiger partial charge in [0.2, 0.25) is 5.91 Å². The van der Waals surface area contributed by atoms with Crippen LogP contribution in [0.3, 0.4) is 0 Å². The molecule has 5 heteroatoms. The van der Waals surface area contributed by atoms with E-state index >= 15 is 0 Å². The molecule has 0 aliphatic rings. The Morgan fingerprint density at radius 1 is 1.32 bits per heavy atom. The minimum absolute atomic E-state index is 0.0741. The van der Waals surface area contributed by atoms with Crippen molar-refractivity contribution in [1.82, 2.24) is 5.32 Å². The number of carbonyl (C=O) groups excluding carboxylic acids is 1. The molecule has 0 aliphatic heterocycles. The minimum atomic E-state index is -0.389. The van der Waals surface area contributed by atoms with E-state index in [1.165, 1.54) is 0 Å². The molecule has 1 aromatic carbocycles. The fourth-order valence-electron chi connectivity index (χ4n) is 1.69. The molecule has 0 aromatic heterocycles. The normalized spacial score (nSPS) is 10.7. The zero-order chi connectivity index (χ0) is 14.1. The summed E-state index contributed by atoms with van der Waals surface area (Å²) in [6.07, 6.45) is -0.0875. The fraction of sp³-hybridized carbons (Fsp3) is 0.500. The van der Waals surface area contributed by atoms with Crippen molar-refractivity contribution in [3.63, 3.8) is 0 Å². The Hall–Kier alpha value is -1.59. The van der Waals surface area contributed by atoms with Crippen LogP contribution in [0, 0.1) is 0 Å². The third-order valence-electron chi connectivity index (χ3n) is 2.49. The number of carbonyl (C=O) groups is 1. The van der Waals surface area contributed by atoms with Gasteiger partial charge in [0, 0.05) is 18.9 Å². The molecule has 0 saturated carbocycles. The van der Waals surface area contributed by atoms with Crippen LogP contribution >= 0.6 is 0 Å². The molecule has 1 amide bonds. The summed E-state index contributed by atoms with van der Waals surface area (Å²) < 4.78 is 10.7. The summed E-state index contributed by atoms with van der Waals surface area (Å²) in [5, 5.41) is 2.79. The van der Waals surface area contributed by atoms with Crippen molar-refractivity contribution in [1.29, 1.82) is 0 Å². The first-order valence-electron chi connectivity index (χ1n) is 6.50. The molecule has 0 heterocycles. The first-order valence-corrected chi connectivity index (χ1v) is 6.50. The van der Waals surface area contributed by atoms with Crippen molar-refractivity contribution >= 4 is 11.6 Å². The van der Waals surface area contributed by atoms with Crippen LogP contribution in [0.25, 0.3) is 0 Å². The van der Waals surface area contributed by atoms with Gasteiger partial charge in [0.1, 0.15) is 0 Å². The van der Waals surface area contributed by atoms with Gasteiger partial charge >= 0.3 is 0 Å². The molecule has 19 heavy (non-hydrogen) atoms. The second kappa shape index (κ2) is 8.50. The van der Waals surface area contributed by atoms with Crippen LogP contribution in [-0.4, -0.2) is 32.0 Å². The van der Waals surface area contributed by atoms with Crippen LogP contribution < -0.4 is 11.1 Å². The molecule has 0 atom stereocenters. The summed E-state index contributed by atoms with van der Waals surface area (Å²) in [7, 11) is 0. The Bertz CT molecular complexity index is 390. The third-order valence-corrected chi connectivity index (χ3v) is 2.49. The van der Waals surface area contributed by atoms with Crippen LogP contribution in [0.2, 0.25) is 0 Å². The number of amides is 1. The minimum Gasteiger partial charge on any atom is -0.399 e. The van der Waals surface area contributed by atoms with Crippen molar-refractivity contribution in [2.75, 3.05) is 25.5 Å². The van der Waals surface area contributed by atoms with Gasteiger partial charge in [-0.15, -0.1) is 0 Å². The molecule has 5 nitrogen and oxygen atoms in total. The lowest BCUT2D eigenvalue weighted by atomic mass is 10.1. The molecule has 0 unspecified atom stereocenters. The highest BCUT2D eigenvalue weighted by molar-refractivity contribution is 5.78. The summed E-state index contributed by atoms with van der Waals surface area (Å²) in [6.45, 7) is 5.23. The summed E-state index contributed by atoms with van der Waals surface area (Å²) in [5.41, 5.74) is 7.21. The van der Waals surface area contributed by atoms with Gasteiger partial charge in [0.15, 0.2) is 6.29 Å². The van der Waals surface area contributed by atoms with Crippen molar-refractivity contribution in [3.05, 3.63) is 29.8 Å². The maximum Gasteiger partial charge on any atom is 0.224 e. The first-order chi connectivity index (χ1) is 9.15. The SMILES string of the molecule is CCOC(CNC(=O)Cc1cccc(N)c1)OCC. The number of anilines is 1. The highest BCUT2D eigenvalue weighted by Crippen LogP contribution is 2.07. The Morgan fingerprint density at radius 2 is 2.00 bits per heavy atom. The molecule has 1 aromatic rings. The predicted molar refractivity (Wildman–Crippen MR) is 74.6 cm³/mol. The Labute approximate surface area is 114 Å². The molecular formula is C14H22N2O3. The smallest absolute Gasteiger partial charge is 0.224 e. The zero-order valence-corrected chi connectivity index (χ0v) is 11.5. The number of hydrogen-bond donors (Lipinski definition) is 2. The molecule has 0 radical (unpaired) electrons. The highest BCUT2D eigenvalue weighted by Gasteiger charge is 2.10. The van der Waals surface area contributed by atoms with Gasteiger partial charge < -0.3 is 20.5 Å². The second-order valence-corrected chi connectivity index (χ2v) is 4.07. The average Bonchev–Trinajstić information content (AvgIpc) is 2.36. The van der Waals surface area contributed by atoms with E-state index in [2.05, 4.69) is 5.32 Å². The van der Waals surface area contributed by atoms with Crippen LogP contribution in [0.5, 0.6) is 0 Å². The van der Waals surface area contributed by atoms with E-state index in [9.17, 15) is 4.79 Å². The van der Waals surface area contributed by atoms with E-state index in [0.29, 0.717) is 31.9 Å². The van der Waals surface area contributed by atoms with E-state index in [-0.39, 0.29) is 12.2 Å². The maximum absolute atomic E-state index is 11.8. The lowest BCUT2D eigenvalue weighted by Crippen LogP contribution is -2.36. The molecule has 1 rings (SSSR count). The monoisotopic (exact) mass is 266 g/mol. The molecule has 106 valence electrons. The molecule has 0 saturated heterocycles.